The molecule has 2 aliphatic heterocycles. The molecule has 2 unspecified atom stereocenters. The quantitative estimate of drug-likeness (QED) is 0.479. The predicted octanol–water partition coefficient (Wildman–Crippen LogP) is 1.43. The lowest BCUT2D eigenvalue weighted by atomic mass is 9.93. The Morgan fingerprint density at radius 3 is 3.30 bits per heavy atom. The topological polar surface area (TPSA) is 24.7 Å². The third-order valence-electron chi connectivity index (χ3n) is 1.99. The minimum atomic E-state index is 0.395. The summed E-state index contributed by atoms with van der Waals surface area (Å²) in [4.78, 5) is 8.43. The number of hydrogen-bond donors (Lipinski definition) is 0. The monoisotopic (exact) mass is 134 g/mol. The summed E-state index contributed by atoms with van der Waals surface area (Å²) in [6.45, 7) is 0. The van der Waals surface area contributed by atoms with E-state index in [9.17, 15) is 0 Å². The van der Waals surface area contributed by atoms with E-state index in [0.29, 0.717) is 12.0 Å². The molecule has 2 rings (SSSR count). The lowest BCUT2D eigenvalue weighted by Crippen LogP contribution is -2.23. The lowest BCUT2D eigenvalue weighted by Gasteiger charge is -2.22. The number of fused-ring (bicyclic) bond motifs is 1. The molecule has 52 valence electrons. The van der Waals surface area contributed by atoms with E-state index in [2.05, 4.69) is 16.1 Å². The Morgan fingerprint density at radius 2 is 2.40 bits per heavy atom. The van der Waals surface area contributed by atoms with Crippen LogP contribution in [0.2, 0.25) is 0 Å². The van der Waals surface area contributed by atoms with Crippen LogP contribution in [0.1, 0.15) is 12.8 Å². The van der Waals surface area contributed by atoms with Crippen molar-refractivity contribution in [1.82, 2.24) is 0 Å². The van der Waals surface area contributed by atoms with E-state index in [0.717, 1.165) is 6.42 Å². The van der Waals surface area contributed by atoms with Gasteiger partial charge in [-0.1, -0.05) is 0 Å². The Labute approximate surface area is 60.4 Å². The van der Waals surface area contributed by atoms with E-state index in [1.807, 2.05) is 18.6 Å². The van der Waals surface area contributed by atoms with Gasteiger partial charge in [0.25, 0.3) is 0 Å². The van der Waals surface area contributed by atoms with Crippen LogP contribution < -0.4 is 0 Å². The van der Waals surface area contributed by atoms with Crippen molar-refractivity contribution in [2.24, 2.45) is 15.9 Å². The highest BCUT2D eigenvalue weighted by Gasteiger charge is 2.19. The molecule has 0 bridgehead atoms. The maximum Gasteiger partial charge on any atom is 0.0771 e. The zero-order chi connectivity index (χ0) is 6.81. The number of nitrogens with zero attached hydrogens (tertiary/aromatic N) is 2. The number of rotatable bonds is 0. The zero-order valence-electron chi connectivity index (χ0n) is 5.77. The summed E-state index contributed by atoms with van der Waals surface area (Å²) in [6.07, 6.45) is 10.3. The summed E-state index contributed by atoms with van der Waals surface area (Å²) in [5.41, 5.74) is 0. The van der Waals surface area contributed by atoms with E-state index in [4.69, 9.17) is 0 Å². The van der Waals surface area contributed by atoms with E-state index in [-0.39, 0.29) is 0 Å². The molecule has 10 heavy (non-hydrogen) atoms. The van der Waals surface area contributed by atoms with Crippen LogP contribution >= 0.6 is 0 Å². The predicted molar refractivity (Wildman–Crippen MR) is 42.6 cm³/mol. The highest BCUT2D eigenvalue weighted by atomic mass is 14.8. The zero-order valence-corrected chi connectivity index (χ0v) is 5.77. The fraction of sp³-hybridized carbons (Fsp3) is 0.500. The fourth-order valence-corrected chi connectivity index (χ4v) is 1.40. The van der Waals surface area contributed by atoms with Crippen LogP contribution in [0.5, 0.6) is 0 Å². The van der Waals surface area contributed by atoms with Gasteiger partial charge in [0, 0.05) is 18.3 Å². The molecule has 0 aromatic heterocycles. The van der Waals surface area contributed by atoms with Gasteiger partial charge in [-0.2, -0.15) is 0 Å². The largest absolute Gasteiger partial charge is 0.289 e. The van der Waals surface area contributed by atoms with Crippen molar-refractivity contribution in [1.29, 1.82) is 0 Å². The molecule has 0 aromatic rings. The Hall–Kier alpha value is -0.920. The molecule has 0 fully saturated rings. The SMILES string of the molecule is C1=CC2N=CCCC2C=N1. The van der Waals surface area contributed by atoms with Crippen molar-refractivity contribution >= 4 is 12.4 Å². The Balaban J connectivity index is 2.21. The van der Waals surface area contributed by atoms with Gasteiger partial charge in [0.1, 0.15) is 0 Å². The van der Waals surface area contributed by atoms with Crippen LogP contribution in [-0.4, -0.2) is 18.5 Å². The third-order valence-corrected chi connectivity index (χ3v) is 1.99. The second-order valence-electron chi connectivity index (χ2n) is 2.70. The molecule has 0 spiro atoms. The number of aliphatic imine (C=N–C) groups is 2. The summed E-state index contributed by atoms with van der Waals surface area (Å²) < 4.78 is 0. The first-order valence-corrected chi connectivity index (χ1v) is 3.68. The molecule has 2 aliphatic rings. The van der Waals surface area contributed by atoms with Crippen LogP contribution in [-0.2, 0) is 0 Å². The first-order valence-electron chi connectivity index (χ1n) is 3.68. The summed E-state index contributed by atoms with van der Waals surface area (Å²) >= 11 is 0. The molecular formula is C8H10N2. The van der Waals surface area contributed by atoms with E-state index >= 15 is 0 Å². The van der Waals surface area contributed by atoms with Gasteiger partial charge < -0.3 is 0 Å². The molecule has 0 N–H and O–H groups in total. The third kappa shape index (κ3) is 0.897. The summed E-state index contributed by atoms with van der Waals surface area (Å²) in [6, 6.07) is 0.395. The maximum absolute atomic E-state index is 4.35. The molecule has 2 nitrogen and oxygen atoms in total. The molecule has 2 heterocycles. The van der Waals surface area contributed by atoms with Crippen molar-refractivity contribution in [2.45, 2.75) is 18.9 Å². The first-order chi connectivity index (χ1) is 4.97. The van der Waals surface area contributed by atoms with Crippen molar-refractivity contribution in [2.75, 3.05) is 0 Å². The van der Waals surface area contributed by atoms with Crippen LogP contribution in [0.4, 0.5) is 0 Å². The Morgan fingerprint density at radius 1 is 1.40 bits per heavy atom. The fourth-order valence-electron chi connectivity index (χ4n) is 1.40. The maximum atomic E-state index is 4.35. The molecule has 0 aromatic carbocycles. The van der Waals surface area contributed by atoms with Crippen LogP contribution in [0, 0.1) is 5.92 Å². The van der Waals surface area contributed by atoms with Gasteiger partial charge in [0.15, 0.2) is 0 Å². The summed E-state index contributed by atoms with van der Waals surface area (Å²) in [5, 5.41) is 0. The molecular weight excluding hydrogens is 124 g/mol. The molecule has 0 saturated heterocycles. The average molecular weight is 134 g/mol. The average Bonchev–Trinajstić information content (AvgIpc) is 2.05. The van der Waals surface area contributed by atoms with Crippen LogP contribution in [0.3, 0.4) is 0 Å². The molecule has 2 heteroatoms. The van der Waals surface area contributed by atoms with Gasteiger partial charge in [0.2, 0.25) is 0 Å². The van der Waals surface area contributed by atoms with Crippen molar-refractivity contribution in [3.63, 3.8) is 0 Å². The van der Waals surface area contributed by atoms with Gasteiger partial charge in [-0.05, 0) is 25.1 Å². The molecule has 0 amide bonds. The lowest BCUT2D eigenvalue weighted by molar-refractivity contribution is 0.560. The van der Waals surface area contributed by atoms with Crippen LogP contribution in [0.15, 0.2) is 22.3 Å². The van der Waals surface area contributed by atoms with Crippen molar-refractivity contribution < 1.29 is 0 Å². The van der Waals surface area contributed by atoms with E-state index in [1.54, 1.807) is 0 Å². The van der Waals surface area contributed by atoms with Gasteiger partial charge in [-0.25, -0.2) is 0 Å². The standard InChI is InChI=1S/C8H10N2/c1-2-7-6-9-5-3-8(7)10-4-1/h3-8H,1-2H2. The Kier molecular flexibility index (Phi) is 1.38. The Bertz CT molecular complexity index is 203. The molecule has 0 aliphatic carbocycles. The first kappa shape index (κ1) is 5.83. The normalized spacial score (nSPS) is 36.0. The van der Waals surface area contributed by atoms with E-state index in [1.165, 1.54) is 6.42 Å². The minimum Gasteiger partial charge on any atom is -0.289 e. The second-order valence-corrected chi connectivity index (χ2v) is 2.70. The summed E-state index contributed by atoms with van der Waals surface area (Å²) in [5.74, 6) is 0.579. The smallest absolute Gasteiger partial charge is 0.0771 e. The minimum absolute atomic E-state index is 0.395. The number of hydrogen-bond acceptors (Lipinski definition) is 2. The van der Waals surface area contributed by atoms with Crippen molar-refractivity contribution in [3.05, 3.63) is 12.3 Å². The highest BCUT2D eigenvalue weighted by molar-refractivity contribution is 5.69. The van der Waals surface area contributed by atoms with Crippen LogP contribution in [0.25, 0.3) is 0 Å². The van der Waals surface area contributed by atoms with Crippen molar-refractivity contribution in [3.8, 4) is 0 Å². The van der Waals surface area contributed by atoms with Gasteiger partial charge in [0.05, 0.1) is 6.04 Å². The van der Waals surface area contributed by atoms with E-state index < -0.39 is 0 Å². The molecule has 0 radical (unpaired) electrons. The molecule has 0 saturated carbocycles. The molecule has 2 atom stereocenters. The highest BCUT2D eigenvalue weighted by Crippen LogP contribution is 2.20. The van der Waals surface area contributed by atoms with Gasteiger partial charge >= 0.3 is 0 Å². The second kappa shape index (κ2) is 2.37. The van der Waals surface area contributed by atoms with Gasteiger partial charge in [-0.3, -0.25) is 9.98 Å². The summed E-state index contributed by atoms with van der Waals surface area (Å²) in [7, 11) is 0. The van der Waals surface area contributed by atoms with Gasteiger partial charge in [-0.15, -0.1) is 0 Å².